The van der Waals surface area contributed by atoms with Gasteiger partial charge < -0.3 is 10.1 Å². The lowest BCUT2D eigenvalue weighted by atomic mass is 10.3. The average Bonchev–Trinajstić information content (AvgIpc) is 2.28. The van der Waals surface area contributed by atoms with Gasteiger partial charge in [-0.1, -0.05) is 11.6 Å². The monoisotopic (exact) mass is 270 g/mol. The molecule has 0 saturated carbocycles. The van der Waals surface area contributed by atoms with Crippen LogP contribution >= 0.6 is 11.6 Å². The van der Waals surface area contributed by atoms with Crippen LogP contribution in [0.4, 0.5) is 0 Å². The van der Waals surface area contributed by atoms with Crippen LogP contribution in [-0.4, -0.2) is 54.3 Å². The minimum Gasteiger partial charge on any atom is -0.374 e. The molecule has 100 valence electrons. The van der Waals surface area contributed by atoms with Gasteiger partial charge in [0.25, 0.3) is 0 Å². The molecule has 0 amide bonds. The number of hydrogen-bond acceptors (Lipinski definition) is 5. The third kappa shape index (κ3) is 4.17. The molecule has 1 fully saturated rings. The summed E-state index contributed by atoms with van der Waals surface area (Å²) >= 11 is 5.92. The van der Waals surface area contributed by atoms with Crippen molar-refractivity contribution in [2.24, 2.45) is 0 Å². The molecule has 1 N–H and O–H groups in total. The van der Waals surface area contributed by atoms with Crippen LogP contribution in [0.2, 0.25) is 5.15 Å². The number of nitrogens with zero attached hydrogens (tertiary/aromatic N) is 3. The topological polar surface area (TPSA) is 50.3 Å². The number of halogens is 1. The second-order valence-corrected chi connectivity index (χ2v) is 5.03. The molecule has 1 aliphatic heterocycles. The van der Waals surface area contributed by atoms with Crippen molar-refractivity contribution in [3.8, 4) is 0 Å². The molecule has 1 aromatic heterocycles. The molecule has 1 aliphatic rings. The molecule has 2 heterocycles. The van der Waals surface area contributed by atoms with Crippen LogP contribution in [0.5, 0.6) is 0 Å². The van der Waals surface area contributed by atoms with Crippen molar-refractivity contribution in [2.75, 3.05) is 33.3 Å². The van der Waals surface area contributed by atoms with Gasteiger partial charge in [0.2, 0.25) is 0 Å². The van der Waals surface area contributed by atoms with Crippen molar-refractivity contribution in [3.05, 3.63) is 22.7 Å². The van der Waals surface area contributed by atoms with E-state index in [-0.39, 0.29) is 6.10 Å². The van der Waals surface area contributed by atoms with Crippen LogP contribution in [0.3, 0.4) is 0 Å². The second-order valence-electron chi connectivity index (χ2n) is 4.64. The van der Waals surface area contributed by atoms with Gasteiger partial charge in [0, 0.05) is 25.3 Å². The van der Waals surface area contributed by atoms with E-state index < -0.39 is 0 Å². The van der Waals surface area contributed by atoms with Crippen LogP contribution in [0.15, 0.2) is 6.07 Å². The predicted molar refractivity (Wildman–Crippen MR) is 70.7 cm³/mol. The Bertz CT molecular complexity index is 375. The van der Waals surface area contributed by atoms with Gasteiger partial charge in [0.1, 0.15) is 11.0 Å². The molecule has 0 radical (unpaired) electrons. The van der Waals surface area contributed by atoms with Crippen LogP contribution < -0.4 is 5.32 Å². The highest BCUT2D eigenvalue weighted by Crippen LogP contribution is 2.08. The molecule has 0 bridgehead atoms. The average molecular weight is 271 g/mol. The third-order valence-electron chi connectivity index (χ3n) is 2.80. The SMILES string of the molecule is Cc1cc(Cl)nc(CN(C)CC2CNCCO2)n1. The zero-order valence-corrected chi connectivity index (χ0v) is 11.6. The third-order valence-corrected chi connectivity index (χ3v) is 2.99. The summed E-state index contributed by atoms with van der Waals surface area (Å²) in [6, 6.07) is 1.76. The molecule has 1 saturated heterocycles. The molecule has 0 aliphatic carbocycles. The molecular weight excluding hydrogens is 252 g/mol. The molecule has 0 spiro atoms. The Balaban J connectivity index is 1.87. The zero-order chi connectivity index (χ0) is 13.0. The maximum Gasteiger partial charge on any atom is 0.144 e. The number of aromatic nitrogens is 2. The smallest absolute Gasteiger partial charge is 0.144 e. The molecule has 1 atom stereocenters. The highest BCUT2D eigenvalue weighted by molar-refractivity contribution is 6.29. The maximum absolute atomic E-state index is 5.92. The van der Waals surface area contributed by atoms with E-state index in [1.54, 1.807) is 6.07 Å². The lowest BCUT2D eigenvalue weighted by Crippen LogP contribution is -2.44. The predicted octanol–water partition coefficient (Wildman–Crippen LogP) is 0.859. The number of hydrogen-bond donors (Lipinski definition) is 1. The Hall–Kier alpha value is -0.750. The number of ether oxygens (including phenoxy) is 1. The first-order valence-electron chi connectivity index (χ1n) is 6.14. The van der Waals surface area contributed by atoms with Crippen molar-refractivity contribution in [1.82, 2.24) is 20.2 Å². The van der Waals surface area contributed by atoms with Crippen LogP contribution in [0, 0.1) is 6.92 Å². The lowest BCUT2D eigenvalue weighted by molar-refractivity contribution is 0.00849. The largest absolute Gasteiger partial charge is 0.374 e. The maximum atomic E-state index is 5.92. The Kier molecular flexibility index (Phi) is 4.88. The summed E-state index contributed by atoms with van der Waals surface area (Å²) in [5.74, 6) is 0.756. The highest BCUT2D eigenvalue weighted by Gasteiger charge is 2.16. The number of nitrogens with one attached hydrogen (secondary N) is 1. The number of aryl methyl sites for hydroxylation is 1. The first kappa shape index (κ1) is 13.7. The van der Waals surface area contributed by atoms with Gasteiger partial charge in [-0.3, -0.25) is 4.90 Å². The molecule has 5 nitrogen and oxygen atoms in total. The number of morpholine rings is 1. The van der Waals surface area contributed by atoms with E-state index in [9.17, 15) is 0 Å². The Morgan fingerprint density at radius 1 is 1.56 bits per heavy atom. The first-order chi connectivity index (χ1) is 8.63. The van der Waals surface area contributed by atoms with E-state index in [1.165, 1.54) is 0 Å². The summed E-state index contributed by atoms with van der Waals surface area (Å²) in [7, 11) is 2.04. The minimum atomic E-state index is 0.240. The standard InChI is InChI=1S/C12H19ClN4O/c1-9-5-11(13)16-12(15-9)8-17(2)7-10-6-14-3-4-18-10/h5,10,14H,3-4,6-8H2,1-2H3. The second kappa shape index (κ2) is 6.43. The van der Waals surface area contributed by atoms with Gasteiger partial charge in [-0.2, -0.15) is 0 Å². The van der Waals surface area contributed by atoms with E-state index in [4.69, 9.17) is 16.3 Å². The fourth-order valence-electron chi connectivity index (χ4n) is 2.05. The van der Waals surface area contributed by atoms with E-state index in [2.05, 4.69) is 20.2 Å². The van der Waals surface area contributed by atoms with Crippen molar-refractivity contribution >= 4 is 11.6 Å². The molecule has 1 aromatic rings. The number of likely N-dealkylation sites (N-methyl/N-ethyl adjacent to an activating group) is 1. The van der Waals surface area contributed by atoms with Crippen LogP contribution in [-0.2, 0) is 11.3 Å². The summed E-state index contributed by atoms with van der Waals surface area (Å²) in [5.41, 5.74) is 0.897. The summed E-state index contributed by atoms with van der Waals surface area (Å²) in [6.07, 6.45) is 0.240. The van der Waals surface area contributed by atoms with E-state index in [0.29, 0.717) is 11.7 Å². The van der Waals surface area contributed by atoms with E-state index in [0.717, 1.165) is 37.8 Å². The quantitative estimate of drug-likeness (QED) is 0.823. The van der Waals surface area contributed by atoms with Gasteiger partial charge >= 0.3 is 0 Å². The molecule has 2 rings (SSSR count). The Morgan fingerprint density at radius 2 is 2.39 bits per heavy atom. The zero-order valence-electron chi connectivity index (χ0n) is 10.8. The Labute approximate surface area is 113 Å². The van der Waals surface area contributed by atoms with E-state index in [1.807, 2.05) is 14.0 Å². The van der Waals surface area contributed by atoms with Crippen LogP contribution in [0.25, 0.3) is 0 Å². The summed E-state index contributed by atoms with van der Waals surface area (Å²) < 4.78 is 5.66. The van der Waals surface area contributed by atoms with Crippen molar-refractivity contribution in [3.63, 3.8) is 0 Å². The van der Waals surface area contributed by atoms with Gasteiger partial charge in [0.05, 0.1) is 19.3 Å². The summed E-state index contributed by atoms with van der Waals surface area (Å²) in [5, 5.41) is 3.82. The molecule has 1 unspecified atom stereocenters. The molecule has 18 heavy (non-hydrogen) atoms. The van der Waals surface area contributed by atoms with E-state index >= 15 is 0 Å². The fourth-order valence-corrected chi connectivity index (χ4v) is 2.31. The summed E-state index contributed by atoms with van der Waals surface area (Å²) in [6.45, 7) is 6.09. The van der Waals surface area contributed by atoms with Gasteiger partial charge in [0.15, 0.2) is 0 Å². The van der Waals surface area contributed by atoms with Gasteiger partial charge in [-0.25, -0.2) is 9.97 Å². The number of rotatable bonds is 4. The van der Waals surface area contributed by atoms with Crippen molar-refractivity contribution in [2.45, 2.75) is 19.6 Å². The van der Waals surface area contributed by atoms with Crippen LogP contribution in [0.1, 0.15) is 11.5 Å². The van der Waals surface area contributed by atoms with Crippen molar-refractivity contribution in [1.29, 1.82) is 0 Å². The van der Waals surface area contributed by atoms with Crippen molar-refractivity contribution < 1.29 is 4.74 Å². The highest BCUT2D eigenvalue weighted by atomic mass is 35.5. The molecule has 0 aromatic carbocycles. The molecular formula is C12H19ClN4O. The normalized spacial score (nSPS) is 20.3. The summed E-state index contributed by atoms with van der Waals surface area (Å²) in [4.78, 5) is 10.8. The van der Waals surface area contributed by atoms with Gasteiger partial charge in [-0.15, -0.1) is 0 Å². The fraction of sp³-hybridized carbons (Fsp3) is 0.667. The minimum absolute atomic E-state index is 0.240. The lowest BCUT2D eigenvalue weighted by Gasteiger charge is -2.27. The molecule has 6 heteroatoms. The first-order valence-corrected chi connectivity index (χ1v) is 6.52. The van der Waals surface area contributed by atoms with Gasteiger partial charge in [-0.05, 0) is 20.0 Å². The Morgan fingerprint density at radius 3 is 3.06 bits per heavy atom.